The number of aromatic nitrogens is 6. The molecule has 1 aromatic carbocycles. The number of aromatic hydroxyl groups is 2. The van der Waals surface area contributed by atoms with E-state index in [2.05, 4.69) is 36.3 Å². The first kappa shape index (κ1) is 41.9. The van der Waals surface area contributed by atoms with Crippen LogP contribution in [0.2, 0.25) is 5.02 Å². The number of amides is 2. The van der Waals surface area contributed by atoms with Crippen LogP contribution in [0.4, 0.5) is 10.8 Å². The number of halogens is 1. The molecule has 5 heterocycles. The number of thiazole rings is 1. The molecule has 6 rings (SSSR count). The Balaban J connectivity index is 0.000000466. The third kappa shape index (κ3) is 8.93. The summed E-state index contributed by atoms with van der Waals surface area (Å²) in [5, 5.41) is 51.7. The van der Waals surface area contributed by atoms with Gasteiger partial charge < -0.3 is 41.3 Å². The van der Waals surface area contributed by atoms with Crippen LogP contribution in [-0.2, 0) is 32.8 Å². The van der Waals surface area contributed by atoms with Crippen molar-refractivity contribution in [3.63, 3.8) is 0 Å². The number of oxime groups is 1. The van der Waals surface area contributed by atoms with Crippen LogP contribution in [0.3, 0.4) is 0 Å². The van der Waals surface area contributed by atoms with E-state index in [9.17, 15) is 24.3 Å². The van der Waals surface area contributed by atoms with Gasteiger partial charge in [0.15, 0.2) is 59.0 Å². The first-order chi connectivity index (χ1) is 25.2. The van der Waals surface area contributed by atoms with Gasteiger partial charge in [0.2, 0.25) is 0 Å². The molecule has 278 valence electrons. The molecule has 19 nitrogen and oxygen atoms in total. The molecule has 2 amide bonds. The van der Waals surface area contributed by atoms with Gasteiger partial charge in [0, 0.05) is 54.2 Å². The summed E-state index contributed by atoms with van der Waals surface area (Å²) >= 11 is 8.00. The van der Waals surface area contributed by atoms with Gasteiger partial charge in [0.05, 0.1) is 16.7 Å². The third-order valence-corrected chi connectivity index (χ3v) is 10.2. The number of carbonyl (C=O) groups excluding carboxylic acids is 4. The number of carboxylic acids is 1. The molecule has 4 aromatic rings. The van der Waals surface area contributed by atoms with Gasteiger partial charge >= 0.3 is 29.6 Å². The molecule has 1 fully saturated rings. The van der Waals surface area contributed by atoms with Crippen LogP contribution in [0.25, 0.3) is 5.70 Å². The number of nitrogens with zero attached hydrogens (tertiary/aromatic N) is 8. The number of tetrazole rings is 1. The van der Waals surface area contributed by atoms with Crippen molar-refractivity contribution in [2.45, 2.75) is 37.4 Å². The number of rotatable bonds is 11. The summed E-state index contributed by atoms with van der Waals surface area (Å²) in [6, 6.07) is 5.49. The smallest absolute Gasteiger partial charge is 0.546 e. The molecule has 54 heavy (non-hydrogen) atoms. The molecular formula is C31H32ClN11NaO8S2+. The summed E-state index contributed by atoms with van der Waals surface area (Å²) in [4.78, 5) is 59.3. The first-order valence-corrected chi connectivity index (χ1v) is 17.7. The molecule has 0 saturated carbocycles. The zero-order valence-corrected chi connectivity index (χ0v) is 33.8. The van der Waals surface area contributed by atoms with Gasteiger partial charge in [-0.05, 0) is 36.4 Å². The summed E-state index contributed by atoms with van der Waals surface area (Å²) in [6.45, 7) is 2.94. The molecule has 0 aliphatic carbocycles. The Morgan fingerprint density at radius 2 is 1.96 bits per heavy atom. The Labute approximate surface area is 342 Å². The summed E-state index contributed by atoms with van der Waals surface area (Å²) in [5.74, 6) is -2.53. The summed E-state index contributed by atoms with van der Waals surface area (Å²) in [5.41, 5.74) is 6.25. The number of anilines is 2. The molecule has 0 bridgehead atoms. The number of fused-ring (bicyclic) bond motifs is 1. The number of benzene rings is 1. The van der Waals surface area contributed by atoms with Crippen LogP contribution in [0.1, 0.15) is 35.7 Å². The molecule has 23 heteroatoms. The van der Waals surface area contributed by atoms with Gasteiger partial charge in [-0.15, -0.1) is 28.2 Å². The predicted molar refractivity (Wildman–Crippen MR) is 190 cm³/mol. The average molecular weight is 809 g/mol. The second kappa shape index (κ2) is 17.6. The number of nitrogen functional groups attached to an aromatic ring is 1. The van der Waals surface area contributed by atoms with E-state index in [1.807, 2.05) is 36.1 Å². The number of aryl methyl sites for hydroxylation is 1. The number of aliphatic carboxylic acids is 1. The molecule has 2 aliphatic rings. The zero-order valence-electron chi connectivity index (χ0n) is 29.4. The van der Waals surface area contributed by atoms with E-state index in [-0.39, 0.29) is 68.3 Å². The maximum absolute atomic E-state index is 13.6. The van der Waals surface area contributed by atoms with E-state index < -0.39 is 34.6 Å². The van der Waals surface area contributed by atoms with Gasteiger partial charge in [-0.3, -0.25) is 19.3 Å². The van der Waals surface area contributed by atoms with Crippen LogP contribution in [0.15, 0.2) is 52.8 Å². The molecule has 0 spiro atoms. The monoisotopic (exact) mass is 808 g/mol. The molecule has 0 radical (unpaired) electrons. The van der Waals surface area contributed by atoms with Crippen LogP contribution in [0, 0.1) is 0 Å². The van der Waals surface area contributed by atoms with E-state index >= 15 is 0 Å². The third-order valence-electron chi connectivity index (χ3n) is 7.81. The van der Waals surface area contributed by atoms with E-state index in [1.54, 1.807) is 11.9 Å². The van der Waals surface area contributed by atoms with E-state index in [1.165, 1.54) is 47.8 Å². The number of hydrogen-bond acceptors (Lipinski definition) is 17. The Morgan fingerprint density at radius 3 is 2.54 bits per heavy atom. The number of phenolic OH excluding ortho intramolecular Hbond substituents is 2. The molecule has 1 saturated heterocycles. The quantitative estimate of drug-likeness (QED) is 0.0191. The standard InChI is InChI=1S/C24H27N11O5S2.C7H5ClO3.Na/c1-24(2,22(38)39)40-30-15(14-11-42-23(25)27-14)19(36)28-16-20(37)35-17(18-29-31-32-33(18)4)12(10-41-21(16)35)9-34-7-5-13(26-3)6-8-34;8-6-4(3-9)1-2-5(10)7(6)11;/h5-8,11,16,21H,9-10H2,1-4H3,(H4,25,27,28,36,38,39);1-3,10-11H;/q;;+1/b30-15-;;. The van der Waals surface area contributed by atoms with Crippen molar-refractivity contribution in [1.29, 1.82) is 0 Å². The molecule has 3 aromatic heterocycles. The second-order valence-electron chi connectivity index (χ2n) is 11.8. The fourth-order valence-corrected chi connectivity index (χ4v) is 6.95. The molecule has 2 aliphatic heterocycles. The summed E-state index contributed by atoms with van der Waals surface area (Å²) in [6.07, 6.45) is 4.36. The number of β-lactam (4-membered cyclic amide) rings is 1. The van der Waals surface area contributed by atoms with Crippen LogP contribution in [-0.4, -0.2) is 99.9 Å². The summed E-state index contributed by atoms with van der Waals surface area (Å²) < 4.78 is 3.48. The van der Waals surface area contributed by atoms with Crippen molar-refractivity contribution in [3.8, 4) is 11.5 Å². The normalized spacial score (nSPS) is 16.6. The molecule has 2 atom stereocenters. The van der Waals surface area contributed by atoms with Crippen molar-refractivity contribution in [2.75, 3.05) is 23.9 Å². The Kier molecular flexibility index (Phi) is 13.6. The minimum Gasteiger partial charge on any atom is -0.546 e. The van der Waals surface area contributed by atoms with Gasteiger partial charge in [-0.1, -0.05) is 16.8 Å². The van der Waals surface area contributed by atoms with Crippen LogP contribution < -0.4 is 55.6 Å². The number of hydrogen-bond donors (Lipinski definition) is 5. The SMILES string of the molecule is CNc1cc[n+](CC2=C(c3nnnn3C)N3C(=O)C(NC(=O)/C(=N\OC(C)(C)C(=O)[O-])c4csc(N)n4)C3SC2)cc1.O=Cc1ccc(O)c(O)c1Cl.[Na+]. The van der Waals surface area contributed by atoms with Crippen molar-refractivity contribution in [2.24, 2.45) is 12.2 Å². The van der Waals surface area contributed by atoms with Gasteiger partial charge in [-0.25, -0.2) is 14.2 Å². The molecule has 6 N–H and O–H groups in total. The maximum atomic E-state index is 13.6. The Bertz CT molecular complexity index is 2130. The number of carboxylic acid groups (broad SMARTS) is 1. The fraction of sp³-hybridized carbons (Fsp3) is 0.290. The number of pyridine rings is 1. The number of carbonyl (C=O) groups is 4. The number of phenols is 2. The van der Waals surface area contributed by atoms with Gasteiger partial charge in [0.25, 0.3) is 11.8 Å². The number of aldehydes is 1. The van der Waals surface area contributed by atoms with Crippen molar-refractivity contribution in [1.82, 2.24) is 35.4 Å². The number of thioether (sulfide) groups is 1. The minimum absolute atomic E-state index is 0. The van der Waals surface area contributed by atoms with E-state index in [0.29, 0.717) is 30.1 Å². The largest absolute Gasteiger partial charge is 1.00 e. The van der Waals surface area contributed by atoms with Crippen molar-refractivity contribution in [3.05, 3.63) is 69.7 Å². The number of nitrogens with two attached hydrogens (primary N) is 1. The molecular weight excluding hydrogens is 777 g/mol. The van der Waals surface area contributed by atoms with Crippen LogP contribution >= 0.6 is 34.7 Å². The zero-order chi connectivity index (χ0) is 38.6. The van der Waals surface area contributed by atoms with E-state index in [4.69, 9.17) is 32.4 Å². The summed E-state index contributed by atoms with van der Waals surface area (Å²) in [7, 11) is 3.53. The maximum Gasteiger partial charge on any atom is 1.00 e. The van der Waals surface area contributed by atoms with Gasteiger partial charge in [0.1, 0.15) is 17.1 Å². The average Bonchev–Trinajstić information content (AvgIpc) is 3.77. The van der Waals surface area contributed by atoms with Crippen molar-refractivity contribution >= 4 is 81.0 Å². The topological polar surface area (TPSA) is 267 Å². The van der Waals surface area contributed by atoms with Gasteiger partial charge in [-0.2, -0.15) is 0 Å². The predicted octanol–water partition coefficient (Wildman–Crippen LogP) is -3.09. The van der Waals surface area contributed by atoms with Crippen LogP contribution in [0.5, 0.6) is 11.5 Å². The minimum atomic E-state index is -1.83. The first-order valence-electron chi connectivity index (χ1n) is 15.4. The Morgan fingerprint density at radius 1 is 1.26 bits per heavy atom. The second-order valence-corrected chi connectivity index (χ2v) is 14.2. The number of nitrogens with one attached hydrogen (secondary N) is 2. The molecule has 2 unspecified atom stereocenters. The Hall–Kier alpha value is -4.80. The fourth-order valence-electron chi connectivity index (χ4n) is 4.86. The van der Waals surface area contributed by atoms with E-state index in [0.717, 1.165) is 22.6 Å². The van der Waals surface area contributed by atoms with Crippen molar-refractivity contribution < 1.29 is 73.5 Å².